The zero-order chi connectivity index (χ0) is 6.85. The van der Waals surface area contributed by atoms with E-state index in [9.17, 15) is 4.79 Å². The fourth-order valence-corrected chi connectivity index (χ4v) is 1.46. The summed E-state index contributed by atoms with van der Waals surface area (Å²) >= 11 is 3.32. The van der Waals surface area contributed by atoms with Crippen LogP contribution in [0.15, 0.2) is 0 Å². The number of nitrogens with one attached hydrogen (secondary N) is 1. The lowest BCUT2D eigenvalue weighted by Gasteiger charge is -2.01. The molecule has 0 aromatic rings. The molecule has 0 saturated carbocycles. The van der Waals surface area contributed by atoms with E-state index in [0.717, 1.165) is 11.8 Å². The molecule has 0 aromatic heterocycles. The first-order valence-electron chi connectivity index (χ1n) is 3.10. The van der Waals surface area contributed by atoms with Crippen molar-refractivity contribution in [1.29, 1.82) is 0 Å². The summed E-state index contributed by atoms with van der Waals surface area (Å²) in [6.45, 7) is 1.96. The van der Waals surface area contributed by atoms with Crippen LogP contribution in [0.1, 0.15) is 13.3 Å². The van der Waals surface area contributed by atoms with Gasteiger partial charge in [0, 0.05) is 17.3 Å². The third-order valence-electron chi connectivity index (χ3n) is 1.62. The molecule has 0 aliphatic carbocycles. The van der Waals surface area contributed by atoms with Crippen LogP contribution < -0.4 is 5.32 Å². The lowest BCUT2D eigenvalue weighted by molar-refractivity contribution is -0.122. The van der Waals surface area contributed by atoms with Gasteiger partial charge in [-0.25, -0.2) is 0 Å². The Morgan fingerprint density at radius 1 is 1.89 bits per heavy atom. The maximum atomic E-state index is 10.8. The fraction of sp³-hybridized carbons (Fsp3) is 0.833. The molecule has 1 aliphatic heterocycles. The monoisotopic (exact) mass is 191 g/mol. The molecule has 1 heterocycles. The Morgan fingerprint density at radius 2 is 2.56 bits per heavy atom. The lowest BCUT2D eigenvalue weighted by Crippen LogP contribution is -2.26. The van der Waals surface area contributed by atoms with Crippen LogP contribution in [0.5, 0.6) is 0 Å². The van der Waals surface area contributed by atoms with E-state index >= 15 is 0 Å². The van der Waals surface area contributed by atoms with Gasteiger partial charge in [0.1, 0.15) is 0 Å². The average molecular weight is 192 g/mol. The van der Waals surface area contributed by atoms with Gasteiger partial charge in [-0.1, -0.05) is 22.9 Å². The third kappa shape index (κ3) is 1.45. The number of carbonyl (C=O) groups excluding carboxylic acids is 1. The summed E-state index contributed by atoms with van der Waals surface area (Å²) < 4.78 is 0. The van der Waals surface area contributed by atoms with Gasteiger partial charge in [-0.2, -0.15) is 0 Å². The van der Waals surface area contributed by atoms with Gasteiger partial charge in [0.05, 0.1) is 0 Å². The Kier molecular flexibility index (Phi) is 2.11. The minimum Gasteiger partial charge on any atom is -0.352 e. The van der Waals surface area contributed by atoms with Crippen LogP contribution in [0.2, 0.25) is 0 Å². The van der Waals surface area contributed by atoms with Gasteiger partial charge in [0.15, 0.2) is 0 Å². The minimum absolute atomic E-state index is 0.194. The number of carbonyl (C=O) groups is 1. The number of amides is 1. The van der Waals surface area contributed by atoms with Crippen LogP contribution >= 0.6 is 15.9 Å². The van der Waals surface area contributed by atoms with Crippen molar-refractivity contribution in [2.24, 2.45) is 5.92 Å². The number of halogens is 1. The molecule has 0 radical (unpaired) electrons. The van der Waals surface area contributed by atoms with Crippen molar-refractivity contribution in [3.05, 3.63) is 0 Å². The average Bonchev–Trinajstić information content (AvgIpc) is 2.13. The zero-order valence-corrected chi connectivity index (χ0v) is 6.94. The van der Waals surface area contributed by atoms with Crippen LogP contribution in [0.4, 0.5) is 0 Å². The molecule has 9 heavy (non-hydrogen) atoms. The summed E-state index contributed by atoms with van der Waals surface area (Å²) in [5.74, 6) is 0.409. The molecule has 1 aliphatic rings. The van der Waals surface area contributed by atoms with E-state index in [1.165, 1.54) is 0 Å². The Morgan fingerprint density at radius 3 is 2.78 bits per heavy atom. The highest BCUT2D eigenvalue weighted by Crippen LogP contribution is 2.15. The molecular formula is C6H10BrNO. The summed E-state index contributed by atoms with van der Waals surface area (Å²) in [7, 11) is 0. The number of rotatable bonds is 1. The second-order valence-electron chi connectivity index (χ2n) is 2.50. The van der Waals surface area contributed by atoms with Crippen LogP contribution in [-0.2, 0) is 4.79 Å². The van der Waals surface area contributed by atoms with Gasteiger partial charge in [0.2, 0.25) is 5.91 Å². The molecule has 0 bridgehead atoms. The smallest absolute Gasteiger partial charge is 0.223 e. The molecular weight excluding hydrogens is 182 g/mol. The van der Waals surface area contributed by atoms with Gasteiger partial charge >= 0.3 is 0 Å². The van der Waals surface area contributed by atoms with Crippen molar-refractivity contribution in [2.45, 2.75) is 19.4 Å². The normalized spacial score (nSPS) is 34.7. The van der Waals surface area contributed by atoms with Gasteiger partial charge < -0.3 is 5.32 Å². The van der Waals surface area contributed by atoms with Gasteiger partial charge in [-0.05, 0) is 6.42 Å². The van der Waals surface area contributed by atoms with E-state index < -0.39 is 0 Å². The van der Waals surface area contributed by atoms with Crippen LogP contribution in [-0.4, -0.2) is 17.3 Å². The van der Waals surface area contributed by atoms with Crippen molar-refractivity contribution in [2.75, 3.05) is 5.33 Å². The van der Waals surface area contributed by atoms with Crippen molar-refractivity contribution >= 4 is 21.8 Å². The largest absolute Gasteiger partial charge is 0.352 e. The summed E-state index contributed by atoms with van der Waals surface area (Å²) in [5.41, 5.74) is 0. The Balaban J connectivity index is 2.44. The van der Waals surface area contributed by atoms with Crippen LogP contribution in [0.3, 0.4) is 0 Å². The highest BCUT2D eigenvalue weighted by Gasteiger charge is 2.26. The molecule has 1 rings (SSSR count). The molecule has 1 amide bonds. The topological polar surface area (TPSA) is 29.1 Å². The first-order valence-corrected chi connectivity index (χ1v) is 4.22. The van der Waals surface area contributed by atoms with E-state index in [4.69, 9.17) is 0 Å². The summed E-state index contributed by atoms with van der Waals surface area (Å²) in [6, 6.07) is 0.368. The van der Waals surface area contributed by atoms with Gasteiger partial charge in [-0.3, -0.25) is 4.79 Å². The Bertz CT molecular complexity index is 126. The molecule has 0 aromatic carbocycles. The fourth-order valence-electron chi connectivity index (χ4n) is 1.04. The molecule has 2 atom stereocenters. The predicted octanol–water partition coefficient (Wildman–Crippen LogP) is 0.906. The molecule has 52 valence electrons. The van der Waals surface area contributed by atoms with E-state index in [2.05, 4.69) is 21.2 Å². The summed E-state index contributed by atoms with van der Waals surface area (Å²) in [4.78, 5) is 10.8. The standard InChI is InChI=1S/C6H10BrNO/c1-4-2-5(3-7)8-6(4)9/h4-5H,2-3H2,1H3,(H,8,9)/t4-,5+/m1/s1. The molecule has 2 nitrogen and oxygen atoms in total. The lowest BCUT2D eigenvalue weighted by atomic mass is 10.1. The molecule has 0 unspecified atom stereocenters. The van der Waals surface area contributed by atoms with Gasteiger partial charge in [0.25, 0.3) is 0 Å². The van der Waals surface area contributed by atoms with E-state index in [1.54, 1.807) is 0 Å². The first-order chi connectivity index (χ1) is 4.24. The number of hydrogen-bond donors (Lipinski definition) is 1. The highest BCUT2D eigenvalue weighted by molar-refractivity contribution is 9.09. The molecule has 3 heteroatoms. The van der Waals surface area contributed by atoms with Crippen molar-refractivity contribution < 1.29 is 4.79 Å². The third-order valence-corrected chi connectivity index (χ3v) is 2.40. The predicted molar refractivity (Wildman–Crippen MR) is 39.5 cm³/mol. The van der Waals surface area contributed by atoms with Crippen molar-refractivity contribution in [3.63, 3.8) is 0 Å². The van der Waals surface area contributed by atoms with E-state index in [-0.39, 0.29) is 11.8 Å². The summed E-state index contributed by atoms with van der Waals surface area (Å²) in [5, 5.41) is 3.75. The SMILES string of the molecule is C[C@@H]1C[C@@H](CBr)NC1=O. The van der Waals surface area contributed by atoms with E-state index in [1.807, 2.05) is 6.92 Å². The van der Waals surface area contributed by atoms with Crippen LogP contribution in [0.25, 0.3) is 0 Å². The second kappa shape index (κ2) is 2.69. The first kappa shape index (κ1) is 7.06. The minimum atomic E-state index is 0.194. The van der Waals surface area contributed by atoms with E-state index in [0.29, 0.717) is 6.04 Å². The zero-order valence-electron chi connectivity index (χ0n) is 5.36. The second-order valence-corrected chi connectivity index (χ2v) is 3.14. The quantitative estimate of drug-likeness (QED) is 0.614. The van der Waals surface area contributed by atoms with Crippen LogP contribution in [0, 0.1) is 5.92 Å². The molecule has 1 fully saturated rings. The molecule has 0 spiro atoms. The van der Waals surface area contributed by atoms with Crippen molar-refractivity contribution in [3.8, 4) is 0 Å². The van der Waals surface area contributed by atoms with Crippen molar-refractivity contribution in [1.82, 2.24) is 5.32 Å². The number of alkyl halides is 1. The number of hydrogen-bond acceptors (Lipinski definition) is 1. The maximum Gasteiger partial charge on any atom is 0.223 e. The highest BCUT2D eigenvalue weighted by atomic mass is 79.9. The Hall–Kier alpha value is -0.0500. The van der Waals surface area contributed by atoms with Gasteiger partial charge in [-0.15, -0.1) is 0 Å². The molecule has 1 N–H and O–H groups in total. The maximum absolute atomic E-state index is 10.8. The Labute approximate surface area is 63.1 Å². The molecule has 1 saturated heterocycles. The summed E-state index contributed by atoms with van der Waals surface area (Å²) in [6.07, 6.45) is 0.976.